The molecule has 0 unspecified atom stereocenters. The molecule has 0 bridgehead atoms. The van der Waals surface area contributed by atoms with E-state index in [-0.39, 0.29) is 0 Å². The second-order valence-corrected chi connectivity index (χ2v) is 7.45. The van der Waals surface area contributed by atoms with Crippen LogP contribution in [0.15, 0.2) is 15.9 Å². The lowest BCUT2D eigenvalue weighted by molar-refractivity contribution is 0.163. The SMILES string of the molecule is COCCNCC1(Cc2sccc2Br)CCCCC1. The summed E-state index contributed by atoms with van der Waals surface area (Å²) < 4.78 is 6.41. The molecule has 0 aromatic carbocycles. The maximum absolute atomic E-state index is 5.12. The first-order valence-electron chi connectivity index (χ1n) is 7.17. The van der Waals surface area contributed by atoms with Gasteiger partial charge >= 0.3 is 0 Å². The highest BCUT2D eigenvalue weighted by Gasteiger charge is 2.32. The molecule has 1 aliphatic carbocycles. The van der Waals surface area contributed by atoms with Crippen molar-refractivity contribution in [1.29, 1.82) is 0 Å². The predicted molar refractivity (Wildman–Crippen MR) is 86.0 cm³/mol. The van der Waals surface area contributed by atoms with Crippen molar-refractivity contribution in [2.24, 2.45) is 5.41 Å². The van der Waals surface area contributed by atoms with Crippen LogP contribution in [0.2, 0.25) is 0 Å². The van der Waals surface area contributed by atoms with Crippen LogP contribution in [-0.2, 0) is 11.2 Å². The van der Waals surface area contributed by atoms with Crippen LogP contribution in [0.3, 0.4) is 0 Å². The van der Waals surface area contributed by atoms with E-state index in [1.54, 1.807) is 7.11 Å². The summed E-state index contributed by atoms with van der Waals surface area (Å²) in [5, 5.41) is 5.78. The molecule has 108 valence electrons. The molecule has 2 rings (SSSR count). The largest absolute Gasteiger partial charge is 0.383 e. The number of hydrogen-bond acceptors (Lipinski definition) is 3. The average molecular weight is 346 g/mol. The van der Waals surface area contributed by atoms with E-state index >= 15 is 0 Å². The fourth-order valence-corrected chi connectivity index (χ4v) is 4.70. The number of methoxy groups -OCH3 is 1. The fourth-order valence-electron chi connectivity index (χ4n) is 3.04. The Labute approximate surface area is 129 Å². The van der Waals surface area contributed by atoms with E-state index < -0.39 is 0 Å². The third kappa shape index (κ3) is 4.55. The second-order valence-electron chi connectivity index (χ2n) is 5.60. The summed E-state index contributed by atoms with van der Waals surface area (Å²) in [4.78, 5) is 1.51. The Morgan fingerprint density at radius 1 is 1.37 bits per heavy atom. The highest BCUT2D eigenvalue weighted by molar-refractivity contribution is 9.10. The van der Waals surface area contributed by atoms with Gasteiger partial charge in [0.05, 0.1) is 6.61 Å². The molecule has 0 amide bonds. The summed E-state index contributed by atoms with van der Waals surface area (Å²) in [5.74, 6) is 0. The van der Waals surface area contributed by atoms with Gasteiger partial charge in [-0.2, -0.15) is 0 Å². The third-order valence-electron chi connectivity index (χ3n) is 4.12. The van der Waals surface area contributed by atoms with Crippen molar-refractivity contribution < 1.29 is 4.74 Å². The number of thiophene rings is 1. The van der Waals surface area contributed by atoms with Gasteiger partial charge in [-0.1, -0.05) is 19.3 Å². The number of halogens is 1. The van der Waals surface area contributed by atoms with Gasteiger partial charge in [0, 0.05) is 29.5 Å². The van der Waals surface area contributed by atoms with Crippen LogP contribution in [0, 0.1) is 5.41 Å². The highest BCUT2D eigenvalue weighted by atomic mass is 79.9. The molecular formula is C15H24BrNOS. The zero-order valence-corrected chi connectivity index (χ0v) is 14.1. The smallest absolute Gasteiger partial charge is 0.0587 e. The van der Waals surface area contributed by atoms with Gasteiger partial charge in [0.25, 0.3) is 0 Å². The number of hydrogen-bond donors (Lipinski definition) is 1. The Morgan fingerprint density at radius 3 is 2.79 bits per heavy atom. The maximum atomic E-state index is 5.12. The van der Waals surface area contributed by atoms with E-state index in [9.17, 15) is 0 Å². The summed E-state index contributed by atoms with van der Waals surface area (Å²) in [6, 6.07) is 2.18. The first-order valence-corrected chi connectivity index (χ1v) is 8.85. The number of nitrogens with one attached hydrogen (secondary N) is 1. The zero-order valence-electron chi connectivity index (χ0n) is 11.7. The highest BCUT2D eigenvalue weighted by Crippen LogP contribution is 2.41. The van der Waals surface area contributed by atoms with Gasteiger partial charge in [-0.05, 0) is 52.1 Å². The van der Waals surface area contributed by atoms with E-state index in [1.807, 2.05) is 11.3 Å². The maximum Gasteiger partial charge on any atom is 0.0587 e. The molecule has 1 heterocycles. The molecule has 1 N–H and O–H groups in total. The van der Waals surface area contributed by atoms with Crippen LogP contribution in [0.5, 0.6) is 0 Å². The molecule has 1 saturated carbocycles. The third-order valence-corrected chi connectivity index (χ3v) is 6.05. The molecule has 1 fully saturated rings. The molecule has 2 nitrogen and oxygen atoms in total. The number of ether oxygens (including phenoxy) is 1. The second kappa shape index (κ2) is 7.77. The quantitative estimate of drug-likeness (QED) is 0.746. The van der Waals surface area contributed by atoms with Crippen molar-refractivity contribution >= 4 is 27.3 Å². The van der Waals surface area contributed by atoms with Crippen molar-refractivity contribution in [3.8, 4) is 0 Å². The molecule has 19 heavy (non-hydrogen) atoms. The Hall–Kier alpha value is 0.100. The summed E-state index contributed by atoms with van der Waals surface area (Å²) in [6.07, 6.45) is 8.11. The summed E-state index contributed by atoms with van der Waals surface area (Å²) >= 11 is 5.57. The lowest BCUT2D eigenvalue weighted by Crippen LogP contribution is -2.39. The Bertz CT molecular complexity index is 374. The Morgan fingerprint density at radius 2 is 2.16 bits per heavy atom. The van der Waals surface area contributed by atoms with E-state index in [0.29, 0.717) is 5.41 Å². The Balaban J connectivity index is 1.96. The van der Waals surface area contributed by atoms with E-state index in [0.717, 1.165) is 19.7 Å². The molecule has 4 heteroatoms. The fraction of sp³-hybridized carbons (Fsp3) is 0.733. The van der Waals surface area contributed by atoms with Crippen molar-refractivity contribution in [1.82, 2.24) is 5.32 Å². The molecule has 0 aliphatic heterocycles. The molecule has 0 radical (unpaired) electrons. The lowest BCUT2D eigenvalue weighted by atomic mass is 9.71. The molecule has 0 spiro atoms. The van der Waals surface area contributed by atoms with E-state index in [4.69, 9.17) is 4.74 Å². The van der Waals surface area contributed by atoms with Crippen molar-refractivity contribution in [2.75, 3.05) is 26.8 Å². The minimum atomic E-state index is 0.458. The topological polar surface area (TPSA) is 21.3 Å². The van der Waals surface area contributed by atoms with Crippen LogP contribution >= 0.6 is 27.3 Å². The predicted octanol–water partition coefficient (Wildman–Crippen LogP) is 4.24. The van der Waals surface area contributed by atoms with Crippen molar-refractivity contribution in [2.45, 2.75) is 38.5 Å². The molecule has 1 aromatic heterocycles. The van der Waals surface area contributed by atoms with Gasteiger partial charge in [0.15, 0.2) is 0 Å². The monoisotopic (exact) mass is 345 g/mol. The lowest BCUT2D eigenvalue weighted by Gasteiger charge is -2.37. The van der Waals surface area contributed by atoms with E-state index in [1.165, 1.54) is 47.9 Å². The normalized spacial score (nSPS) is 18.6. The molecular weight excluding hydrogens is 322 g/mol. The minimum absolute atomic E-state index is 0.458. The van der Waals surface area contributed by atoms with Gasteiger partial charge in [0.2, 0.25) is 0 Å². The summed E-state index contributed by atoms with van der Waals surface area (Å²) in [6.45, 7) is 2.89. The van der Waals surface area contributed by atoms with Crippen molar-refractivity contribution in [3.63, 3.8) is 0 Å². The molecule has 1 aliphatic rings. The standard InChI is InChI=1S/C15H24BrNOS/c1-18-9-8-17-12-15(6-3-2-4-7-15)11-14-13(16)5-10-19-14/h5,10,17H,2-4,6-9,11-12H2,1H3. The van der Waals surface area contributed by atoms with Gasteiger partial charge in [-0.15, -0.1) is 11.3 Å². The van der Waals surface area contributed by atoms with Gasteiger partial charge in [0.1, 0.15) is 0 Å². The molecule has 0 atom stereocenters. The first-order chi connectivity index (χ1) is 9.26. The summed E-state index contributed by atoms with van der Waals surface area (Å²) in [7, 11) is 1.76. The number of rotatable bonds is 7. The van der Waals surface area contributed by atoms with Crippen LogP contribution in [0.4, 0.5) is 0 Å². The van der Waals surface area contributed by atoms with Gasteiger partial charge < -0.3 is 10.1 Å². The van der Waals surface area contributed by atoms with Crippen molar-refractivity contribution in [3.05, 3.63) is 20.8 Å². The van der Waals surface area contributed by atoms with Crippen LogP contribution in [-0.4, -0.2) is 26.8 Å². The first kappa shape index (κ1) is 15.5. The van der Waals surface area contributed by atoms with Crippen LogP contribution in [0.1, 0.15) is 37.0 Å². The average Bonchev–Trinajstić information content (AvgIpc) is 2.81. The van der Waals surface area contributed by atoms with Crippen LogP contribution in [0.25, 0.3) is 0 Å². The molecule has 0 saturated heterocycles. The summed E-state index contributed by atoms with van der Waals surface area (Å²) in [5.41, 5.74) is 0.458. The zero-order chi connectivity index (χ0) is 13.6. The van der Waals surface area contributed by atoms with E-state index in [2.05, 4.69) is 32.7 Å². The minimum Gasteiger partial charge on any atom is -0.383 e. The van der Waals surface area contributed by atoms with Crippen LogP contribution < -0.4 is 5.32 Å². The molecule has 1 aromatic rings. The van der Waals surface area contributed by atoms with Gasteiger partial charge in [-0.25, -0.2) is 0 Å². The Kier molecular flexibility index (Phi) is 6.33. The van der Waals surface area contributed by atoms with Gasteiger partial charge in [-0.3, -0.25) is 0 Å².